The summed E-state index contributed by atoms with van der Waals surface area (Å²) < 4.78 is 1.10. The molecule has 0 saturated carbocycles. The van der Waals surface area contributed by atoms with Crippen LogP contribution in [-0.4, -0.2) is 18.6 Å². The first kappa shape index (κ1) is 15.5. The molecule has 2 rings (SSSR count). The third-order valence-electron chi connectivity index (χ3n) is 3.26. The molecule has 0 aliphatic rings. The van der Waals surface area contributed by atoms with Gasteiger partial charge in [-0.15, -0.1) is 11.3 Å². The molecule has 1 unspecified atom stereocenters. The van der Waals surface area contributed by atoms with Gasteiger partial charge in [-0.25, -0.2) is 4.98 Å². The van der Waals surface area contributed by atoms with Gasteiger partial charge in [0.25, 0.3) is 0 Å². The summed E-state index contributed by atoms with van der Waals surface area (Å²) in [5.41, 5.74) is 5.54. The van der Waals surface area contributed by atoms with Crippen LogP contribution in [0.4, 0.5) is 5.69 Å². The molecular weight excluding hydrogens is 334 g/mol. The molecule has 2 aromatic rings. The number of thiazole rings is 1. The monoisotopic (exact) mass is 353 g/mol. The molecule has 0 aliphatic carbocycles. The summed E-state index contributed by atoms with van der Waals surface area (Å²) in [5.74, 6) is 0. The van der Waals surface area contributed by atoms with Crippen molar-refractivity contribution in [2.75, 3.05) is 18.5 Å². The van der Waals surface area contributed by atoms with E-state index in [0.29, 0.717) is 6.04 Å². The molecule has 1 aromatic heterocycles. The molecule has 0 saturated heterocycles. The van der Waals surface area contributed by atoms with E-state index in [1.165, 1.54) is 11.3 Å². The lowest BCUT2D eigenvalue weighted by Gasteiger charge is -2.25. The summed E-state index contributed by atoms with van der Waals surface area (Å²) in [6.45, 7) is 6.12. The summed E-state index contributed by atoms with van der Waals surface area (Å²) in [4.78, 5) is 6.62. The molecule has 5 heteroatoms. The van der Waals surface area contributed by atoms with Gasteiger partial charge in [0.2, 0.25) is 0 Å². The second-order valence-electron chi connectivity index (χ2n) is 4.82. The number of benzene rings is 1. The predicted octanol–water partition coefficient (Wildman–Crippen LogP) is 4.21. The molecular formula is C15H20BrN3S. The molecule has 1 atom stereocenters. The Bertz CT molecular complexity index is 542. The molecule has 20 heavy (non-hydrogen) atoms. The van der Waals surface area contributed by atoms with E-state index in [2.05, 4.69) is 75.6 Å². The van der Waals surface area contributed by atoms with Crippen molar-refractivity contribution in [1.29, 1.82) is 0 Å². The maximum atomic E-state index is 4.36. The van der Waals surface area contributed by atoms with Crippen molar-refractivity contribution in [3.8, 4) is 0 Å². The summed E-state index contributed by atoms with van der Waals surface area (Å²) in [6, 6.07) is 6.80. The molecule has 0 radical (unpaired) electrons. The zero-order chi connectivity index (χ0) is 14.5. The minimum Gasteiger partial charge on any atom is -0.368 e. The molecule has 0 spiro atoms. The van der Waals surface area contributed by atoms with Crippen LogP contribution in [0.2, 0.25) is 0 Å². The number of nitrogens with one attached hydrogen (secondary N) is 1. The number of hydrogen-bond donors (Lipinski definition) is 1. The van der Waals surface area contributed by atoms with E-state index >= 15 is 0 Å². The third kappa shape index (κ3) is 3.81. The van der Waals surface area contributed by atoms with E-state index in [1.54, 1.807) is 11.3 Å². The van der Waals surface area contributed by atoms with Crippen molar-refractivity contribution in [1.82, 2.24) is 10.3 Å². The lowest BCUT2D eigenvalue weighted by atomic mass is 10.1. The fourth-order valence-corrected chi connectivity index (χ4v) is 3.17. The van der Waals surface area contributed by atoms with Gasteiger partial charge in [0, 0.05) is 28.6 Å². The number of nitrogens with zero attached hydrogens (tertiary/aromatic N) is 2. The Kier molecular flexibility index (Phi) is 5.57. The topological polar surface area (TPSA) is 28.2 Å². The van der Waals surface area contributed by atoms with E-state index in [1.807, 2.05) is 5.51 Å². The minimum absolute atomic E-state index is 0.334. The Balaban J connectivity index is 2.26. The number of halogens is 1. The van der Waals surface area contributed by atoms with Crippen molar-refractivity contribution in [2.24, 2.45) is 0 Å². The van der Waals surface area contributed by atoms with Gasteiger partial charge < -0.3 is 10.2 Å². The second kappa shape index (κ2) is 7.20. The van der Waals surface area contributed by atoms with Crippen LogP contribution < -0.4 is 10.2 Å². The maximum Gasteiger partial charge on any atom is 0.0795 e. The molecule has 3 nitrogen and oxygen atoms in total. The number of rotatable bonds is 6. The van der Waals surface area contributed by atoms with Crippen LogP contribution >= 0.6 is 27.3 Å². The maximum absolute atomic E-state index is 4.36. The van der Waals surface area contributed by atoms with Gasteiger partial charge in [0.05, 0.1) is 17.7 Å². The average molecular weight is 354 g/mol. The highest BCUT2D eigenvalue weighted by atomic mass is 79.9. The molecule has 0 bridgehead atoms. The molecule has 1 aromatic carbocycles. The zero-order valence-electron chi connectivity index (χ0n) is 12.1. The second-order valence-corrected chi connectivity index (χ2v) is 6.45. The van der Waals surface area contributed by atoms with Gasteiger partial charge in [-0.2, -0.15) is 0 Å². The largest absolute Gasteiger partial charge is 0.368 e. The summed E-state index contributed by atoms with van der Waals surface area (Å²) >= 11 is 5.21. The normalized spacial score (nSPS) is 12.4. The van der Waals surface area contributed by atoms with E-state index in [4.69, 9.17) is 0 Å². The molecule has 0 fully saturated rings. The first-order chi connectivity index (χ1) is 9.61. The lowest BCUT2D eigenvalue weighted by molar-refractivity contribution is 0.596. The van der Waals surface area contributed by atoms with Crippen molar-refractivity contribution in [3.05, 3.63) is 44.8 Å². The fourth-order valence-electron chi connectivity index (χ4n) is 2.27. The summed E-state index contributed by atoms with van der Waals surface area (Å²) in [6.07, 6.45) is 0. The van der Waals surface area contributed by atoms with Crippen molar-refractivity contribution in [3.63, 3.8) is 0 Å². The zero-order valence-corrected chi connectivity index (χ0v) is 14.5. The average Bonchev–Trinajstić information content (AvgIpc) is 2.91. The standard InChI is InChI=1S/C15H20BrN3S/c1-4-17-11(2)14-6-5-12(16)7-15(14)19(3)8-13-9-20-10-18-13/h5-7,9-11,17H,4,8H2,1-3H3. The first-order valence-electron chi connectivity index (χ1n) is 6.72. The van der Waals surface area contributed by atoms with Crippen LogP contribution in [0.5, 0.6) is 0 Å². The van der Waals surface area contributed by atoms with Crippen molar-refractivity contribution < 1.29 is 0 Å². The van der Waals surface area contributed by atoms with Crippen LogP contribution in [0.15, 0.2) is 33.6 Å². The predicted molar refractivity (Wildman–Crippen MR) is 90.5 cm³/mol. The van der Waals surface area contributed by atoms with Crippen molar-refractivity contribution in [2.45, 2.75) is 26.4 Å². The van der Waals surface area contributed by atoms with Crippen LogP contribution in [0, 0.1) is 0 Å². The highest BCUT2D eigenvalue weighted by Gasteiger charge is 2.14. The van der Waals surface area contributed by atoms with E-state index in [9.17, 15) is 0 Å². The van der Waals surface area contributed by atoms with Crippen LogP contribution in [0.3, 0.4) is 0 Å². The van der Waals surface area contributed by atoms with Gasteiger partial charge in [-0.3, -0.25) is 0 Å². The van der Waals surface area contributed by atoms with E-state index in [-0.39, 0.29) is 0 Å². The van der Waals surface area contributed by atoms with Gasteiger partial charge in [-0.1, -0.05) is 28.9 Å². The minimum atomic E-state index is 0.334. The highest BCUT2D eigenvalue weighted by Crippen LogP contribution is 2.30. The Morgan fingerprint density at radius 2 is 2.25 bits per heavy atom. The van der Waals surface area contributed by atoms with Crippen LogP contribution in [0.25, 0.3) is 0 Å². The van der Waals surface area contributed by atoms with Gasteiger partial charge in [0.15, 0.2) is 0 Å². The molecule has 0 aliphatic heterocycles. The van der Waals surface area contributed by atoms with Gasteiger partial charge in [-0.05, 0) is 31.2 Å². The number of anilines is 1. The van der Waals surface area contributed by atoms with E-state index in [0.717, 1.165) is 23.3 Å². The molecule has 1 N–H and O–H groups in total. The molecule has 0 amide bonds. The molecule has 1 heterocycles. The first-order valence-corrected chi connectivity index (χ1v) is 8.46. The highest BCUT2D eigenvalue weighted by molar-refractivity contribution is 9.10. The third-order valence-corrected chi connectivity index (χ3v) is 4.39. The Labute approximate surface area is 133 Å². The number of aromatic nitrogens is 1. The van der Waals surface area contributed by atoms with Crippen LogP contribution in [0.1, 0.15) is 31.1 Å². The van der Waals surface area contributed by atoms with E-state index < -0.39 is 0 Å². The lowest BCUT2D eigenvalue weighted by Crippen LogP contribution is -2.23. The van der Waals surface area contributed by atoms with Crippen LogP contribution in [-0.2, 0) is 6.54 Å². The smallest absolute Gasteiger partial charge is 0.0795 e. The Morgan fingerprint density at radius 3 is 2.90 bits per heavy atom. The summed E-state index contributed by atoms with van der Waals surface area (Å²) in [7, 11) is 2.11. The Hall–Kier alpha value is -0.910. The van der Waals surface area contributed by atoms with Crippen molar-refractivity contribution >= 4 is 33.0 Å². The van der Waals surface area contributed by atoms with Gasteiger partial charge in [0.1, 0.15) is 0 Å². The quantitative estimate of drug-likeness (QED) is 0.842. The molecule has 108 valence electrons. The number of hydrogen-bond acceptors (Lipinski definition) is 4. The fraction of sp³-hybridized carbons (Fsp3) is 0.400. The summed E-state index contributed by atoms with van der Waals surface area (Å²) in [5, 5.41) is 5.58. The van der Waals surface area contributed by atoms with Gasteiger partial charge >= 0.3 is 0 Å². The Morgan fingerprint density at radius 1 is 1.45 bits per heavy atom. The SMILES string of the molecule is CCNC(C)c1ccc(Br)cc1N(C)Cc1cscn1.